The lowest BCUT2D eigenvalue weighted by Crippen LogP contribution is -3.16. The molecule has 0 bridgehead atoms. The predicted octanol–water partition coefficient (Wildman–Crippen LogP) is 3.80. The van der Waals surface area contributed by atoms with E-state index in [0.29, 0.717) is 12.0 Å². The highest BCUT2D eigenvalue weighted by atomic mass is 32.1. The Hall–Kier alpha value is -1.13. The maximum atomic E-state index is 5.87. The van der Waals surface area contributed by atoms with Gasteiger partial charge in [0.1, 0.15) is 0 Å². The minimum Gasteiger partial charge on any atom is -0.346 e. The summed E-state index contributed by atoms with van der Waals surface area (Å²) in [5.74, 6) is 0.697. The Morgan fingerprint density at radius 2 is 1.69 bits per heavy atom. The quantitative estimate of drug-likeness (QED) is 0.737. The molecular weight excluding hydrogens is 338 g/mol. The van der Waals surface area contributed by atoms with E-state index in [2.05, 4.69) is 70.0 Å². The van der Waals surface area contributed by atoms with Crippen molar-refractivity contribution in [1.82, 2.24) is 4.90 Å². The van der Waals surface area contributed by atoms with Gasteiger partial charge in [-0.2, -0.15) is 0 Å². The molecule has 0 atom stereocenters. The van der Waals surface area contributed by atoms with E-state index in [0.717, 1.165) is 23.4 Å². The van der Waals surface area contributed by atoms with Crippen molar-refractivity contribution < 1.29 is 4.90 Å². The summed E-state index contributed by atoms with van der Waals surface area (Å²) in [6.45, 7) is 17.1. The number of benzene rings is 1. The molecule has 0 aromatic heterocycles. The first kappa shape index (κ1) is 21.2. The Kier molecular flexibility index (Phi) is 7.90. The molecule has 0 saturated carbocycles. The molecule has 0 amide bonds. The smallest absolute Gasteiger partial charge is 0.173 e. The van der Waals surface area contributed by atoms with Gasteiger partial charge in [0.2, 0.25) is 0 Å². The second-order valence-corrected chi connectivity index (χ2v) is 9.11. The molecule has 2 N–H and O–H groups in total. The summed E-state index contributed by atoms with van der Waals surface area (Å²) in [4.78, 5) is 4.21. The molecule has 0 aliphatic carbocycles. The van der Waals surface area contributed by atoms with E-state index in [1.165, 1.54) is 43.5 Å². The van der Waals surface area contributed by atoms with Gasteiger partial charge in [-0.15, -0.1) is 0 Å². The summed E-state index contributed by atoms with van der Waals surface area (Å²) < 4.78 is 0. The number of hydrogen-bond acceptors (Lipinski definition) is 1. The van der Waals surface area contributed by atoms with Crippen LogP contribution in [-0.2, 0) is 0 Å². The third-order valence-corrected chi connectivity index (χ3v) is 5.87. The van der Waals surface area contributed by atoms with Crippen LogP contribution >= 0.6 is 12.2 Å². The molecule has 0 spiro atoms. The van der Waals surface area contributed by atoms with Crippen LogP contribution in [0.3, 0.4) is 0 Å². The number of quaternary nitrogens is 1. The zero-order valence-corrected chi connectivity index (χ0v) is 18.4. The molecule has 0 unspecified atom stereocenters. The summed E-state index contributed by atoms with van der Waals surface area (Å²) in [6.07, 6.45) is 3.66. The van der Waals surface area contributed by atoms with Gasteiger partial charge in [-0.25, -0.2) is 0 Å². The molecule has 1 aliphatic rings. The fraction of sp³-hybridized carbons (Fsp3) is 0.682. The molecule has 1 fully saturated rings. The first-order valence-electron chi connectivity index (χ1n) is 10.3. The lowest BCUT2D eigenvalue weighted by molar-refractivity contribution is -0.926. The molecule has 26 heavy (non-hydrogen) atoms. The highest BCUT2D eigenvalue weighted by Gasteiger charge is 2.29. The van der Waals surface area contributed by atoms with Crippen LogP contribution < -0.4 is 10.2 Å². The molecule has 1 aliphatic heterocycles. The summed E-state index contributed by atoms with van der Waals surface area (Å²) >= 11 is 5.87. The van der Waals surface area contributed by atoms with Crippen LogP contribution in [0.25, 0.3) is 0 Å². The second-order valence-electron chi connectivity index (χ2n) is 8.73. The van der Waals surface area contributed by atoms with E-state index in [9.17, 15) is 0 Å². The average molecular weight is 377 g/mol. The highest BCUT2D eigenvalue weighted by Crippen LogP contribution is 2.18. The van der Waals surface area contributed by atoms with Gasteiger partial charge < -0.3 is 15.1 Å². The van der Waals surface area contributed by atoms with Crippen molar-refractivity contribution in [3.63, 3.8) is 0 Å². The topological polar surface area (TPSA) is 19.7 Å². The lowest BCUT2D eigenvalue weighted by Gasteiger charge is -2.39. The van der Waals surface area contributed by atoms with Crippen LogP contribution in [0.15, 0.2) is 18.2 Å². The molecule has 1 heterocycles. The van der Waals surface area contributed by atoms with E-state index in [1.54, 1.807) is 4.90 Å². The zero-order valence-electron chi connectivity index (χ0n) is 17.6. The number of hydrogen-bond donors (Lipinski definition) is 2. The van der Waals surface area contributed by atoms with Crippen molar-refractivity contribution in [2.45, 2.75) is 72.9 Å². The van der Waals surface area contributed by atoms with Gasteiger partial charge in [0.05, 0.1) is 19.1 Å². The van der Waals surface area contributed by atoms with Crippen LogP contribution in [-0.4, -0.2) is 41.7 Å². The van der Waals surface area contributed by atoms with Gasteiger partial charge in [0.15, 0.2) is 5.11 Å². The number of anilines is 1. The summed E-state index contributed by atoms with van der Waals surface area (Å²) in [7, 11) is 0. The standard InChI is InChI=1S/C22H37N3S/c1-16(2)7-12-25(21-8-10-24(11-9-21)17(3)4)22(26)23-20-14-18(5)13-19(6)15-20/h13-17,21H,7-12H2,1-6H3,(H,23,26)/p+1. The van der Waals surface area contributed by atoms with Crippen molar-refractivity contribution >= 4 is 23.0 Å². The number of nitrogens with zero attached hydrogens (tertiary/aromatic N) is 1. The maximum Gasteiger partial charge on any atom is 0.173 e. The molecule has 2 rings (SSSR count). The van der Waals surface area contributed by atoms with Crippen LogP contribution in [0.4, 0.5) is 5.69 Å². The van der Waals surface area contributed by atoms with Gasteiger partial charge in [-0.3, -0.25) is 0 Å². The number of nitrogens with one attached hydrogen (secondary N) is 2. The van der Waals surface area contributed by atoms with Crippen molar-refractivity contribution in [3.05, 3.63) is 29.3 Å². The average Bonchev–Trinajstić information content (AvgIpc) is 2.54. The van der Waals surface area contributed by atoms with Gasteiger partial charge in [0, 0.05) is 31.1 Å². The number of aryl methyl sites for hydroxylation is 2. The van der Waals surface area contributed by atoms with Gasteiger partial charge in [-0.05, 0) is 75.5 Å². The number of thiocarbonyl (C=S) groups is 1. The first-order valence-corrected chi connectivity index (χ1v) is 10.7. The van der Waals surface area contributed by atoms with Crippen molar-refractivity contribution in [1.29, 1.82) is 0 Å². The third-order valence-electron chi connectivity index (χ3n) is 5.54. The summed E-state index contributed by atoms with van der Waals surface area (Å²) in [6, 6.07) is 7.87. The van der Waals surface area contributed by atoms with Crippen LogP contribution in [0, 0.1) is 19.8 Å². The molecule has 3 nitrogen and oxygen atoms in total. The van der Waals surface area contributed by atoms with Crippen molar-refractivity contribution in [3.8, 4) is 0 Å². The Bertz CT molecular complexity index is 569. The van der Waals surface area contributed by atoms with E-state index >= 15 is 0 Å². The normalized spacial score (nSPS) is 20.5. The minimum atomic E-state index is 0.571. The molecule has 146 valence electrons. The van der Waals surface area contributed by atoms with E-state index in [4.69, 9.17) is 12.2 Å². The van der Waals surface area contributed by atoms with Crippen LogP contribution in [0.2, 0.25) is 0 Å². The largest absolute Gasteiger partial charge is 0.346 e. The fourth-order valence-electron chi connectivity index (χ4n) is 3.95. The van der Waals surface area contributed by atoms with Crippen LogP contribution in [0.5, 0.6) is 0 Å². The fourth-order valence-corrected chi connectivity index (χ4v) is 4.31. The van der Waals surface area contributed by atoms with E-state index < -0.39 is 0 Å². The van der Waals surface area contributed by atoms with Crippen molar-refractivity contribution in [2.75, 3.05) is 25.0 Å². The Labute approximate surface area is 166 Å². The van der Waals surface area contributed by atoms with E-state index in [1.807, 2.05) is 0 Å². The zero-order chi connectivity index (χ0) is 19.3. The maximum absolute atomic E-state index is 5.87. The Morgan fingerprint density at radius 1 is 1.12 bits per heavy atom. The molecule has 1 aromatic carbocycles. The number of rotatable bonds is 6. The predicted molar refractivity (Wildman–Crippen MR) is 117 cm³/mol. The molecule has 1 aromatic rings. The summed E-state index contributed by atoms with van der Waals surface area (Å²) in [5.41, 5.74) is 3.67. The third kappa shape index (κ3) is 6.24. The Morgan fingerprint density at radius 3 is 2.19 bits per heavy atom. The lowest BCUT2D eigenvalue weighted by atomic mass is 10.0. The summed E-state index contributed by atoms with van der Waals surface area (Å²) in [5, 5.41) is 4.43. The van der Waals surface area contributed by atoms with Crippen LogP contribution in [0.1, 0.15) is 58.1 Å². The molecule has 0 radical (unpaired) electrons. The minimum absolute atomic E-state index is 0.571. The van der Waals surface area contributed by atoms with Gasteiger partial charge >= 0.3 is 0 Å². The number of piperidine rings is 1. The van der Waals surface area contributed by atoms with E-state index in [-0.39, 0.29) is 0 Å². The van der Waals surface area contributed by atoms with Gasteiger partial charge in [-0.1, -0.05) is 19.9 Å². The molecule has 4 heteroatoms. The monoisotopic (exact) mass is 376 g/mol. The molecule has 1 saturated heterocycles. The SMILES string of the molecule is Cc1cc(C)cc(NC(=S)N(CCC(C)C)C2CC[NH+](C(C)C)CC2)c1. The van der Waals surface area contributed by atoms with Crippen molar-refractivity contribution in [2.24, 2.45) is 5.92 Å². The Balaban J connectivity index is 2.07. The molecular formula is C22H38N3S+. The van der Waals surface area contributed by atoms with Gasteiger partial charge in [0.25, 0.3) is 0 Å². The first-order chi connectivity index (χ1) is 12.3. The number of likely N-dealkylation sites (tertiary alicyclic amines) is 1. The second kappa shape index (κ2) is 9.70. The highest BCUT2D eigenvalue weighted by molar-refractivity contribution is 7.80.